The van der Waals surface area contributed by atoms with Crippen LogP contribution in [0.5, 0.6) is 0 Å². The highest BCUT2D eigenvalue weighted by Gasteiger charge is 2.36. The molecule has 2 aliphatic heterocycles. The Bertz CT molecular complexity index is 242. The Hall–Kier alpha value is -0.0800. The van der Waals surface area contributed by atoms with E-state index >= 15 is 0 Å². The lowest BCUT2D eigenvalue weighted by Crippen LogP contribution is -2.41. The van der Waals surface area contributed by atoms with Crippen molar-refractivity contribution in [2.45, 2.75) is 57.8 Å². The minimum atomic E-state index is 0.754. The summed E-state index contributed by atoms with van der Waals surface area (Å²) in [5, 5.41) is 3.52. The summed E-state index contributed by atoms with van der Waals surface area (Å²) in [6, 6.07) is 0. The molecule has 1 spiro atoms. The summed E-state index contributed by atoms with van der Waals surface area (Å²) in [6.45, 7) is 6.72. The number of rotatable bonds is 2. The highest BCUT2D eigenvalue weighted by molar-refractivity contribution is 4.90. The van der Waals surface area contributed by atoms with Crippen LogP contribution >= 0.6 is 0 Å². The molecular formula is C16H30N2. The SMILES string of the molecule is C1CCN(CC2CCC3(CCNCC3)CC2)CC1. The van der Waals surface area contributed by atoms with Crippen molar-refractivity contribution in [1.82, 2.24) is 10.2 Å². The molecule has 0 amide bonds. The average Bonchev–Trinajstić information content (AvgIpc) is 2.44. The van der Waals surface area contributed by atoms with Crippen molar-refractivity contribution in [2.24, 2.45) is 11.3 Å². The van der Waals surface area contributed by atoms with Gasteiger partial charge in [0.1, 0.15) is 0 Å². The van der Waals surface area contributed by atoms with Gasteiger partial charge in [-0.2, -0.15) is 0 Å². The van der Waals surface area contributed by atoms with E-state index in [1.807, 2.05) is 0 Å². The van der Waals surface area contributed by atoms with Gasteiger partial charge in [0, 0.05) is 6.54 Å². The third kappa shape index (κ3) is 3.08. The second-order valence-electron chi connectivity index (χ2n) is 7.05. The lowest BCUT2D eigenvalue weighted by molar-refractivity contribution is 0.0833. The molecule has 2 heteroatoms. The molecule has 2 heterocycles. The first kappa shape index (κ1) is 12.9. The molecule has 0 aromatic rings. The molecule has 2 saturated heterocycles. The summed E-state index contributed by atoms with van der Waals surface area (Å²) in [6.07, 6.45) is 13.3. The number of piperidine rings is 2. The Labute approximate surface area is 113 Å². The minimum absolute atomic E-state index is 0.754. The van der Waals surface area contributed by atoms with Crippen LogP contribution in [0.15, 0.2) is 0 Å². The highest BCUT2D eigenvalue weighted by Crippen LogP contribution is 2.45. The standard InChI is InChI=1S/C16H30N2/c1-2-12-18(13-3-1)14-15-4-6-16(7-5-15)8-10-17-11-9-16/h15,17H,1-14H2. The van der Waals surface area contributed by atoms with Gasteiger partial charge in [0.05, 0.1) is 0 Å². The zero-order valence-corrected chi connectivity index (χ0v) is 11.9. The summed E-state index contributed by atoms with van der Waals surface area (Å²) in [4.78, 5) is 2.74. The largest absolute Gasteiger partial charge is 0.317 e. The Morgan fingerprint density at radius 3 is 2.22 bits per heavy atom. The molecule has 0 bridgehead atoms. The van der Waals surface area contributed by atoms with Crippen molar-refractivity contribution >= 4 is 0 Å². The summed E-state index contributed by atoms with van der Waals surface area (Å²) >= 11 is 0. The van der Waals surface area contributed by atoms with Gasteiger partial charge in [-0.3, -0.25) is 0 Å². The van der Waals surface area contributed by atoms with Gasteiger partial charge in [0.2, 0.25) is 0 Å². The van der Waals surface area contributed by atoms with Crippen LogP contribution in [-0.2, 0) is 0 Å². The van der Waals surface area contributed by atoms with Crippen molar-refractivity contribution in [2.75, 3.05) is 32.7 Å². The van der Waals surface area contributed by atoms with E-state index in [9.17, 15) is 0 Å². The molecule has 1 aliphatic carbocycles. The summed E-state index contributed by atoms with van der Waals surface area (Å²) in [5.41, 5.74) is 0.754. The van der Waals surface area contributed by atoms with E-state index in [1.165, 1.54) is 90.5 Å². The van der Waals surface area contributed by atoms with Crippen LogP contribution in [0.3, 0.4) is 0 Å². The molecule has 0 aromatic heterocycles. The van der Waals surface area contributed by atoms with Gasteiger partial charge in [-0.05, 0) is 88.9 Å². The Morgan fingerprint density at radius 2 is 1.56 bits per heavy atom. The second-order valence-corrected chi connectivity index (χ2v) is 7.05. The topological polar surface area (TPSA) is 15.3 Å². The van der Waals surface area contributed by atoms with Crippen molar-refractivity contribution in [1.29, 1.82) is 0 Å². The molecule has 0 radical (unpaired) electrons. The van der Waals surface area contributed by atoms with Crippen molar-refractivity contribution in [3.05, 3.63) is 0 Å². The van der Waals surface area contributed by atoms with Gasteiger partial charge < -0.3 is 10.2 Å². The average molecular weight is 250 g/mol. The monoisotopic (exact) mass is 250 g/mol. The zero-order chi connectivity index (χ0) is 12.3. The first-order chi connectivity index (χ1) is 8.86. The van der Waals surface area contributed by atoms with Gasteiger partial charge in [0.15, 0.2) is 0 Å². The molecule has 0 aromatic carbocycles. The summed E-state index contributed by atoms with van der Waals surface area (Å²) in [5.74, 6) is 1.02. The number of nitrogens with one attached hydrogen (secondary N) is 1. The third-order valence-corrected chi connectivity index (χ3v) is 5.80. The normalized spacial score (nSPS) is 30.7. The minimum Gasteiger partial charge on any atom is -0.317 e. The Balaban J connectivity index is 1.44. The molecule has 1 N–H and O–H groups in total. The maximum Gasteiger partial charge on any atom is 0.000966 e. The van der Waals surface area contributed by atoms with Crippen molar-refractivity contribution in [3.63, 3.8) is 0 Å². The van der Waals surface area contributed by atoms with Crippen LogP contribution in [0, 0.1) is 11.3 Å². The zero-order valence-electron chi connectivity index (χ0n) is 11.9. The maximum atomic E-state index is 3.52. The van der Waals surface area contributed by atoms with Gasteiger partial charge >= 0.3 is 0 Å². The first-order valence-corrected chi connectivity index (χ1v) is 8.29. The fourth-order valence-corrected chi connectivity index (χ4v) is 4.44. The van der Waals surface area contributed by atoms with Crippen LogP contribution in [-0.4, -0.2) is 37.6 Å². The van der Waals surface area contributed by atoms with Crippen LogP contribution in [0.4, 0.5) is 0 Å². The van der Waals surface area contributed by atoms with E-state index in [1.54, 1.807) is 0 Å². The highest BCUT2D eigenvalue weighted by atomic mass is 15.1. The van der Waals surface area contributed by atoms with Gasteiger partial charge in [-0.15, -0.1) is 0 Å². The van der Waals surface area contributed by atoms with E-state index in [4.69, 9.17) is 0 Å². The van der Waals surface area contributed by atoms with Crippen LogP contribution < -0.4 is 5.32 Å². The molecule has 1 saturated carbocycles. The molecule has 3 aliphatic rings. The van der Waals surface area contributed by atoms with E-state index in [0.717, 1.165) is 11.3 Å². The summed E-state index contributed by atoms with van der Waals surface area (Å²) in [7, 11) is 0. The first-order valence-electron chi connectivity index (χ1n) is 8.29. The number of nitrogens with zero attached hydrogens (tertiary/aromatic N) is 1. The van der Waals surface area contributed by atoms with Crippen LogP contribution in [0.25, 0.3) is 0 Å². The molecular weight excluding hydrogens is 220 g/mol. The van der Waals surface area contributed by atoms with E-state index < -0.39 is 0 Å². The van der Waals surface area contributed by atoms with Gasteiger partial charge in [-0.25, -0.2) is 0 Å². The van der Waals surface area contributed by atoms with Crippen LogP contribution in [0.1, 0.15) is 57.8 Å². The van der Waals surface area contributed by atoms with Gasteiger partial charge in [0.25, 0.3) is 0 Å². The predicted octanol–water partition coefficient (Wildman–Crippen LogP) is 3.03. The van der Waals surface area contributed by atoms with Crippen LogP contribution in [0.2, 0.25) is 0 Å². The lowest BCUT2D eigenvalue weighted by atomic mass is 9.65. The quantitative estimate of drug-likeness (QED) is 0.810. The number of hydrogen-bond donors (Lipinski definition) is 1. The van der Waals surface area contributed by atoms with Crippen molar-refractivity contribution < 1.29 is 0 Å². The fourth-order valence-electron chi connectivity index (χ4n) is 4.44. The molecule has 2 nitrogen and oxygen atoms in total. The fraction of sp³-hybridized carbons (Fsp3) is 1.00. The molecule has 3 rings (SSSR count). The van der Waals surface area contributed by atoms with Crippen molar-refractivity contribution in [3.8, 4) is 0 Å². The van der Waals surface area contributed by atoms with E-state index in [0.29, 0.717) is 0 Å². The number of likely N-dealkylation sites (tertiary alicyclic amines) is 1. The van der Waals surface area contributed by atoms with E-state index in [-0.39, 0.29) is 0 Å². The third-order valence-electron chi connectivity index (χ3n) is 5.80. The predicted molar refractivity (Wildman–Crippen MR) is 76.8 cm³/mol. The molecule has 3 fully saturated rings. The second kappa shape index (κ2) is 5.92. The molecule has 104 valence electrons. The maximum absolute atomic E-state index is 3.52. The smallest absolute Gasteiger partial charge is 0.000966 e. The Morgan fingerprint density at radius 1 is 0.889 bits per heavy atom. The summed E-state index contributed by atoms with van der Waals surface area (Å²) < 4.78 is 0. The lowest BCUT2D eigenvalue weighted by Gasteiger charge is -2.44. The Kier molecular flexibility index (Phi) is 4.25. The molecule has 18 heavy (non-hydrogen) atoms. The number of hydrogen-bond acceptors (Lipinski definition) is 2. The molecule has 0 unspecified atom stereocenters. The molecule has 0 atom stereocenters. The van der Waals surface area contributed by atoms with Gasteiger partial charge in [-0.1, -0.05) is 6.42 Å². The van der Waals surface area contributed by atoms with E-state index in [2.05, 4.69) is 10.2 Å².